The first-order valence-corrected chi connectivity index (χ1v) is 2.55. The fourth-order valence-corrected chi connectivity index (χ4v) is 0.634. The minimum absolute atomic E-state index is 0. The summed E-state index contributed by atoms with van der Waals surface area (Å²) in [5.41, 5.74) is 2.78. The summed E-state index contributed by atoms with van der Waals surface area (Å²) >= 11 is 0. The second-order valence-corrected chi connectivity index (χ2v) is 1.96. The van der Waals surface area contributed by atoms with E-state index in [-0.39, 0.29) is 50.7 Å². The zero-order valence-electron chi connectivity index (χ0n) is 6.04. The molecule has 0 nitrogen and oxygen atoms in total. The van der Waals surface area contributed by atoms with Crippen LogP contribution < -0.4 is 24.8 Å². The molecule has 0 radical (unpaired) electrons. The molecule has 0 spiro atoms. The molecule has 1 rings (SSSR count). The van der Waals surface area contributed by atoms with Crippen LogP contribution in [0.4, 0.5) is 0 Å². The van der Waals surface area contributed by atoms with Gasteiger partial charge in [0.05, 0.1) is 0 Å². The summed E-state index contributed by atoms with van der Waals surface area (Å²) in [5.74, 6) is 0. The van der Waals surface area contributed by atoms with Gasteiger partial charge in [-0.15, -0.1) is 6.92 Å². The second-order valence-electron chi connectivity index (χ2n) is 1.96. The van der Waals surface area contributed by atoms with E-state index in [9.17, 15) is 0 Å². The maximum Gasteiger partial charge on any atom is 0 e. The van der Waals surface area contributed by atoms with E-state index in [4.69, 9.17) is 0 Å². The van der Waals surface area contributed by atoms with Crippen LogP contribution in [-0.4, -0.2) is 0 Å². The predicted molar refractivity (Wildman–Crippen MR) is 30.8 cm³/mol. The van der Waals surface area contributed by atoms with E-state index in [2.05, 4.69) is 26.0 Å². The van der Waals surface area contributed by atoms with Crippen molar-refractivity contribution in [2.24, 2.45) is 0 Å². The summed E-state index contributed by atoms with van der Waals surface area (Å²) in [4.78, 5) is 0. The maximum absolute atomic E-state index is 3.12. The van der Waals surface area contributed by atoms with Gasteiger partial charge in [-0.3, -0.25) is 6.08 Å². The maximum atomic E-state index is 3.12. The Balaban J connectivity index is -0.000000163. The Morgan fingerprint density at radius 2 is 1.80 bits per heavy atom. The molecule has 0 atom stereocenters. The fourth-order valence-electron chi connectivity index (χ4n) is 0.634. The van der Waals surface area contributed by atoms with Crippen LogP contribution in [0.15, 0.2) is 17.2 Å². The molecule has 0 saturated carbocycles. The van der Waals surface area contributed by atoms with E-state index in [0.29, 0.717) is 0 Å². The molecular weight excluding hydrogens is 333 g/mol. The molecule has 0 fully saturated rings. The van der Waals surface area contributed by atoms with Crippen molar-refractivity contribution in [2.75, 3.05) is 0 Å². The molecule has 0 aromatic heterocycles. The molecule has 0 heterocycles. The molecule has 0 amide bonds. The van der Waals surface area contributed by atoms with Crippen molar-refractivity contribution in [1.29, 1.82) is 0 Å². The Hall–Kier alpha value is 0.930. The molecule has 0 bridgehead atoms. The number of allylic oxidation sites excluding steroid dienone is 4. The van der Waals surface area contributed by atoms with Crippen LogP contribution in [0.2, 0.25) is 0 Å². The molecule has 0 aromatic rings. The number of halogens is 2. The average molecular weight is 343 g/mol. The fraction of sp³-hybridized carbons (Fsp3) is 0.429. The van der Waals surface area contributed by atoms with Gasteiger partial charge in [0.15, 0.2) is 0 Å². The topological polar surface area (TPSA) is 0 Å². The summed E-state index contributed by atoms with van der Waals surface area (Å²) in [7, 11) is 0. The number of rotatable bonds is 0. The van der Waals surface area contributed by atoms with Gasteiger partial charge in [0.1, 0.15) is 0 Å². The molecule has 1 aliphatic carbocycles. The molecule has 0 aromatic carbocycles. The van der Waals surface area contributed by atoms with E-state index in [1.165, 1.54) is 11.1 Å². The van der Waals surface area contributed by atoms with Crippen molar-refractivity contribution in [1.82, 2.24) is 0 Å². The standard InChI is InChI=1S/C7H9.2ClH.Hf/c1-6-4-3-5-7(6)2;;;/h3H,4H2,1-2H3;2*1H;/q-1;;;/p-2. The SMILES string of the molecule is CC1=C(C)CC=[C-]1.[Cl-].[Cl-].[Hf]. The first-order chi connectivity index (χ1) is 3.30. The van der Waals surface area contributed by atoms with Crippen molar-refractivity contribution in [3.8, 4) is 0 Å². The van der Waals surface area contributed by atoms with Crippen molar-refractivity contribution >= 4 is 0 Å². The molecule has 0 N–H and O–H groups in total. The van der Waals surface area contributed by atoms with Crippen LogP contribution in [0, 0.1) is 6.08 Å². The van der Waals surface area contributed by atoms with Crippen molar-refractivity contribution in [2.45, 2.75) is 20.3 Å². The van der Waals surface area contributed by atoms with Crippen LogP contribution in [0.3, 0.4) is 0 Å². The Morgan fingerprint density at radius 1 is 1.30 bits per heavy atom. The Morgan fingerprint density at radius 3 is 1.90 bits per heavy atom. The van der Waals surface area contributed by atoms with Crippen molar-refractivity contribution < 1.29 is 50.7 Å². The van der Waals surface area contributed by atoms with Gasteiger partial charge in [-0.1, -0.05) is 13.3 Å². The minimum atomic E-state index is 0. The summed E-state index contributed by atoms with van der Waals surface area (Å²) in [5, 5.41) is 0. The van der Waals surface area contributed by atoms with Gasteiger partial charge in [0.2, 0.25) is 0 Å². The molecule has 58 valence electrons. The van der Waals surface area contributed by atoms with E-state index in [0.717, 1.165) is 6.42 Å². The zero-order chi connectivity index (χ0) is 5.28. The second kappa shape index (κ2) is 8.03. The largest absolute Gasteiger partial charge is 1.00 e. The van der Waals surface area contributed by atoms with Gasteiger partial charge in [-0.2, -0.15) is 6.08 Å². The number of hydrogen-bond donors (Lipinski definition) is 0. The Bertz CT molecular complexity index is 139. The minimum Gasteiger partial charge on any atom is -1.00 e. The molecule has 1 aliphatic rings. The van der Waals surface area contributed by atoms with Gasteiger partial charge in [0, 0.05) is 25.8 Å². The van der Waals surface area contributed by atoms with E-state index in [1.54, 1.807) is 0 Å². The van der Waals surface area contributed by atoms with Crippen LogP contribution in [0.25, 0.3) is 0 Å². The van der Waals surface area contributed by atoms with E-state index in [1.807, 2.05) is 0 Å². The molecule has 0 aliphatic heterocycles. The van der Waals surface area contributed by atoms with Gasteiger partial charge >= 0.3 is 0 Å². The third-order valence-electron chi connectivity index (χ3n) is 1.37. The molecule has 0 unspecified atom stereocenters. The van der Waals surface area contributed by atoms with Crippen molar-refractivity contribution in [3.63, 3.8) is 0 Å². The first-order valence-electron chi connectivity index (χ1n) is 2.55. The van der Waals surface area contributed by atoms with Crippen LogP contribution >= 0.6 is 0 Å². The summed E-state index contributed by atoms with van der Waals surface area (Å²) in [6.45, 7) is 4.24. The van der Waals surface area contributed by atoms with Crippen LogP contribution in [0.1, 0.15) is 20.3 Å². The van der Waals surface area contributed by atoms with Gasteiger partial charge in [0.25, 0.3) is 0 Å². The molecule has 0 saturated heterocycles. The first kappa shape index (κ1) is 17.1. The summed E-state index contributed by atoms with van der Waals surface area (Å²) in [6.07, 6.45) is 6.31. The Kier molecular flexibility index (Phi) is 13.8. The normalized spacial score (nSPS) is 13.4. The quantitative estimate of drug-likeness (QED) is 0.312. The zero-order valence-corrected chi connectivity index (χ0v) is 11.1. The van der Waals surface area contributed by atoms with Gasteiger partial charge in [-0.05, 0) is 0 Å². The summed E-state index contributed by atoms with van der Waals surface area (Å²) < 4.78 is 0. The van der Waals surface area contributed by atoms with Gasteiger partial charge < -0.3 is 24.8 Å². The molecular formula is C7H9Cl2Hf-3. The van der Waals surface area contributed by atoms with E-state index >= 15 is 0 Å². The number of hydrogen-bond acceptors (Lipinski definition) is 0. The molecule has 10 heavy (non-hydrogen) atoms. The third kappa shape index (κ3) is 4.70. The Labute approximate surface area is 93.8 Å². The third-order valence-corrected chi connectivity index (χ3v) is 1.37. The smallest absolute Gasteiger partial charge is 0 e. The average Bonchev–Trinajstić information content (AvgIpc) is 1.91. The predicted octanol–water partition coefficient (Wildman–Crippen LogP) is -3.91. The van der Waals surface area contributed by atoms with Crippen molar-refractivity contribution in [3.05, 3.63) is 23.3 Å². The van der Waals surface area contributed by atoms with Crippen LogP contribution in [-0.2, 0) is 25.8 Å². The summed E-state index contributed by atoms with van der Waals surface area (Å²) in [6, 6.07) is 0. The molecule has 3 heteroatoms. The van der Waals surface area contributed by atoms with Gasteiger partial charge in [-0.25, -0.2) is 11.1 Å². The monoisotopic (exact) mass is 343 g/mol. The van der Waals surface area contributed by atoms with Crippen LogP contribution in [0.5, 0.6) is 0 Å². The van der Waals surface area contributed by atoms with E-state index < -0.39 is 0 Å².